The Morgan fingerprint density at radius 3 is 2.69 bits per heavy atom. The molecule has 2 aliphatic heterocycles. The second-order valence-electron chi connectivity index (χ2n) is 8.01. The number of amidine groups is 1. The zero-order valence-electron chi connectivity index (χ0n) is 19.4. The van der Waals surface area contributed by atoms with Crippen LogP contribution in [0.5, 0.6) is 5.75 Å². The van der Waals surface area contributed by atoms with Crippen LogP contribution in [0.15, 0.2) is 65.9 Å². The lowest BCUT2D eigenvalue weighted by Crippen LogP contribution is -2.55. The summed E-state index contributed by atoms with van der Waals surface area (Å²) in [5.41, 5.74) is 1.24. The molecule has 3 heterocycles. The number of hydrogen-bond acceptors (Lipinski definition) is 8. The highest BCUT2D eigenvalue weighted by Crippen LogP contribution is 2.40. The Morgan fingerprint density at radius 2 is 2.00 bits per heavy atom. The first-order valence-electron chi connectivity index (χ1n) is 10.9. The van der Waals surface area contributed by atoms with E-state index in [-0.39, 0.29) is 6.61 Å². The Morgan fingerprint density at radius 1 is 1.20 bits per heavy atom. The SMILES string of the molecule is COC(=O)C1(c2ccc(F)cc2)ON=C2C(=Cc3ccc(-n4cnc(C)c4)c(OC)c3)OCCN21. The van der Waals surface area contributed by atoms with Crippen LogP contribution in [0, 0.1) is 12.7 Å². The number of fused-ring (bicyclic) bond motifs is 1. The number of nitrogens with zero attached hydrogens (tertiary/aromatic N) is 4. The van der Waals surface area contributed by atoms with Crippen LogP contribution in [-0.2, 0) is 24.8 Å². The number of ether oxygens (including phenoxy) is 3. The Hall–Kier alpha value is -4.34. The molecule has 1 atom stereocenters. The van der Waals surface area contributed by atoms with E-state index >= 15 is 0 Å². The zero-order valence-corrected chi connectivity index (χ0v) is 19.4. The predicted octanol–water partition coefficient (Wildman–Crippen LogP) is 3.37. The molecule has 2 aromatic carbocycles. The standard InChI is InChI=1S/C25H23FN4O5/c1-16-14-29(15-27-16)20-9-4-17(12-21(20)32-2)13-22-23-28-35-25(24(31)33-3,30(23)10-11-34-22)18-5-7-19(26)8-6-18/h4-9,12-15H,10-11H2,1-3H3. The molecule has 0 spiro atoms. The number of esters is 1. The number of halogens is 1. The second kappa shape index (κ2) is 8.79. The van der Waals surface area contributed by atoms with Crippen molar-refractivity contribution in [3.05, 3.63) is 83.4 Å². The van der Waals surface area contributed by atoms with Crippen molar-refractivity contribution in [3.63, 3.8) is 0 Å². The molecule has 1 unspecified atom stereocenters. The van der Waals surface area contributed by atoms with Crippen molar-refractivity contribution in [2.75, 3.05) is 27.4 Å². The summed E-state index contributed by atoms with van der Waals surface area (Å²) in [6, 6.07) is 11.2. The van der Waals surface area contributed by atoms with Crippen molar-refractivity contribution in [3.8, 4) is 11.4 Å². The second-order valence-corrected chi connectivity index (χ2v) is 8.01. The van der Waals surface area contributed by atoms with E-state index in [9.17, 15) is 9.18 Å². The van der Waals surface area contributed by atoms with Crippen LogP contribution in [0.25, 0.3) is 11.8 Å². The summed E-state index contributed by atoms with van der Waals surface area (Å²) in [6.07, 6.45) is 5.42. The van der Waals surface area contributed by atoms with Crippen molar-refractivity contribution in [2.45, 2.75) is 12.6 Å². The summed E-state index contributed by atoms with van der Waals surface area (Å²) in [5.74, 6) is 0.283. The van der Waals surface area contributed by atoms with E-state index in [4.69, 9.17) is 19.0 Å². The van der Waals surface area contributed by atoms with Crippen LogP contribution in [0.1, 0.15) is 16.8 Å². The molecule has 1 saturated heterocycles. The van der Waals surface area contributed by atoms with Gasteiger partial charge in [0.15, 0.2) is 5.76 Å². The van der Waals surface area contributed by atoms with Gasteiger partial charge in [0.1, 0.15) is 18.2 Å². The van der Waals surface area contributed by atoms with Crippen LogP contribution in [-0.4, -0.2) is 53.6 Å². The number of rotatable bonds is 5. The summed E-state index contributed by atoms with van der Waals surface area (Å²) in [6.45, 7) is 2.50. The van der Waals surface area contributed by atoms with Gasteiger partial charge in [-0.15, -0.1) is 0 Å². The van der Waals surface area contributed by atoms with Gasteiger partial charge in [-0.25, -0.2) is 14.2 Å². The average Bonchev–Trinajstić information content (AvgIpc) is 3.49. The molecule has 3 aromatic rings. The largest absolute Gasteiger partial charge is 0.495 e. The highest BCUT2D eigenvalue weighted by atomic mass is 19.1. The van der Waals surface area contributed by atoms with E-state index in [1.807, 2.05) is 35.9 Å². The Kier molecular flexibility index (Phi) is 5.64. The van der Waals surface area contributed by atoms with E-state index in [1.54, 1.807) is 24.4 Å². The number of aryl methyl sites for hydroxylation is 1. The van der Waals surface area contributed by atoms with Crippen molar-refractivity contribution in [2.24, 2.45) is 5.16 Å². The van der Waals surface area contributed by atoms with Crippen molar-refractivity contribution in [1.82, 2.24) is 14.5 Å². The molecule has 1 aromatic heterocycles. The van der Waals surface area contributed by atoms with Gasteiger partial charge in [0.25, 0.3) is 0 Å². The molecule has 1 fully saturated rings. The molecular weight excluding hydrogens is 455 g/mol. The summed E-state index contributed by atoms with van der Waals surface area (Å²) in [4.78, 5) is 24.6. The predicted molar refractivity (Wildman–Crippen MR) is 124 cm³/mol. The number of aromatic nitrogens is 2. The molecule has 10 heteroatoms. The van der Waals surface area contributed by atoms with Gasteiger partial charge in [-0.3, -0.25) is 4.90 Å². The zero-order chi connectivity index (χ0) is 24.6. The third-order valence-electron chi connectivity index (χ3n) is 5.88. The normalized spacial score (nSPS) is 20.1. The van der Waals surface area contributed by atoms with E-state index in [0.717, 1.165) is 16.9 Å². The van der Waals surface area contributed by atoms with E-state index in [1.165, 1.54) is 31.4 Å². The fraction of sp³-hybridized carbons (Fsp3) is 0.240. The number of benzene rings is 2. The molecule has 35 heavy (non-hydrogen) atoms. The summed E-state index contributed by atoms with van der Waals surface area (Å²) >= 11 is 0. The Labute approximate surface area is 201 Å². The first-order chi connectivity index (χ1) is 17.0. The fourth-order valence-electron chi connectivity index (χ4n) is 4.21. The minimum atomic E-state index is -1.68. The van der Waals surface area contributed by atoms with Crippen LogP contribution in [0.3, 0.4) is 0 Å². The third kappa shape index (κ3) is 3.76. The summed E-state index contributed by atoms with van der Waals surface area (Å²) in [5, 5.41) is 4.18. The number of imidazole rings is 1. The van der Waals surface area contributed by atoms with E-state index < -0.39 is 17.5 Å². The Balaban J connectivity index is 1.51. The molecule has 5 rings (SSSR count). The molecule has 9 nitrogen and oxygen atoms in total. The molecule has 180 valence electrons. The Bertz CT molecular complexity index is 1330. The molecule has 2 aliphatic rings. The number of methoxy groups -OCH3 is 2. The lowest BCUT2D eigenvalue weighted by molar-refractivity contribution is -0.187. The number of morpholine rings is 1. The molecule has 0 N–H and O–H groups in total. The average molecular weight is 478 g/mol. The van der Waals surface area contributed by atoms with Gasteiger partial charge in [-0.2, -0.15) is 0 Å². The molecule has 0 saturated carbocycles. The highest BCUT2D eigenvalue weighted by Gasteiger charge is 2.57. The van der Waals surface area contributed by atoms with E-state index in [2.05, 4.69) is 10.1 Å². The van der Waals surface area contributed by atoms with Crippen LogP contribution in [0.4, 0.5) is 4.39 Å². The number of carbonyl (C=O) groups excluding carboxylic acids is 1. The minimum Gasteiger partial charge on any atom is -0.495 e. The van der Waals surface area contributed by atoms with Crippen molar-refractivity contribution >= 4 is 17.9 Å². The highest BCUT2D eigenvalue weighted by molar-refractivity contribution is 6.04. The van der Waals surface area contributed by atoms with Gasteiger partial charge in [0.05, 0.1) is 38.5 Å². The van der Waals surface area contributed by atoms with Gasteiger partial charge >= 0.3 is 11.7 Å². The maximum Gasteiger partial charge on any atom is 0.380 e. The lowest BCUT2D eigenvalue weighted by Gasteiger charge is -2.37. The quantitative estimate of drug-likeness (QED) is 0.520. The maximum absolute atomic E-state index is 13.6. The molecule has 0 bridgehead atoms. The fourth-order valence-corrected chi connectivity index (χ4v) is 4.21. The first kappa shape index (κ1) is 22.5. The molecule has 0 radical (unpaired) electrons. The number of hydrogen-bond donors (Lipinski definition) is 0. The van der Waals surface area contributed by atoms with Crippen LogP contribution < -0.4 is 4.74 Å². The smallest absolute Gasteiger partial charge is 0.380 e. The van der Waals surface area contributed by atoms with Crippen molar-refractivity contribution < 1.29 is 28.2 Å². The maximum atomic E-state index is 13.6. The molecule has 0 aliphatic carbocycles. The lowest BCUT2D eigenvalue weighted by atomic mass is 9.99. The van der Waals surface area contributed by atoms with E-state index in [0.29, 0.717) is 29.5 Å². The van der Waals surface area contributed by atoms with Crippen LogP contribution >= 0.6 is 0 Å². The third-order valence-corrected chi connectivity index (χ3v) is 5.88. The van der Waals surface area contributed by atoms with Gasteiger partial charge in [-0.1, -0.05) is 11.2 Å². The number of oxime groups is 1. The topological polar surface area (TPSA) is 87.4 Å². The van der Waals surface area contributed by atoms with Crippen LogP contribution in [0.2, 0.25) is 0 Å². The minimum absolute atomic E-state index is 0.275. The molecular formula is C25H23FN4O5. The van der Waals surface area contributed by atoms with Gasteiger partial charge in [0.2, 0.25) is 5.84 Å². The van der Waals surface area contributed by atoms with Gasteiger partial charge in [0, 0.05) is 11.8 Å². The number of carbonyl (C=O) groups is 1. The van der Waals surface area contributed by atoms with Gasteiger partial charge < -0.3 is 23.6 Å². The van der Waals surface area contributed by atoms with Crippen molar-refractivity contribution in [1.29, 1.82) is 0 Å². The molecule has 0 amide bonds. The monoisotopic (exact) mass is 478 g/mol. The first-order valence-corrected chi connectivity index (χ1v) is 10.9. The summed E-state index contributed by atoms with van der Waals surface area (Å²) in [7, 11) is 2.86. The summed E-state index contributed by atoms with van der Waals surface area (Å²) < 4.78 is 32.0. The van der Waals surface area contributed by atoms with Gasteiger partial charge in [-0.05, 0) is 55.0 Å².